The molecule has 24 heavy (non-hydrogen) atoms. The summed E-state index contributed by atoms with van der Waals surface area (Å²) in [6, 6.07) is 5.52. The maximum absolute atomic E-state index is 12.2. The molecule has 0 aliphatic carbocycles. The number of rotatable bonds is 6. The van der Waals surface area contributed by atoms with Crippen molar-refractivity contribution in [3.8, 4) is 11.5 Å². The largest absolute Gasteiger partial charge is 0.493 e. The van der Waals surface area contributed by atoms with Gasteiger partial charge in [0.25, 0.3) is 0 Å². The average Bonchev–Trinajstić information content (AvgIpc) is 2.60. The quantitative estimate of drug-likeness (QED) is 0.806. The van der Waals surface area contributed by atoms with Gasteiger partial charge >= 0.3 is 0 Å². The number of methoxy groups -OCH3 is 1. The third-order valence-electron chi connectivity index (χ3n) is 4.11. The third-order valence-corrected chi connectivity index (χ3v) is 4.11. The molecule has 1 saturated heterocycles. The maximum Gasteiger partial charge on any atom is 0.246 e. The molecule has 1 aliphatic rings. The van der Waals surface area contributed by atoms with Crippen molar-refractivity contribution in [3.63, 3.8) is 0 Å². The Balaban J connectivity index is 1.98. The number of likely N-dealkylation sites (tertiary alicyclic amines) is 1. The minimum atomic E-state index is -0.279. The number of primary amides is 1. The van der Waals surface area contributed by atoms with E-state index in [0.29, 0.717) is 44.0 Å². The van der Waals surface area contributed by atoms with Gasteiger partial charge in [0, 0.05) is 25.1 Å². The highest BCUT2D eigenvalue weighted by Gasteiger charge is 2.24. The predicted molar refractivity (Wildman–Crippen MR) is 91.7 cm³/mol. The monoisotopic (exact) mass is 332 g/mol. The molecule has 0 aromatic heterocycles. The van der Waals surface area contributed by atoms with Crippen molar-refractivity contribution in [2.45, 2.75) is 19.8 Å². The fourth-order valence-corrected chi connectivity index (χ4v) is 2.72. The lowest BCUT2D eigenvalue weighted by Gasteiger charge is -2.29. The van der Waals surface area contributed by atoms with Gasteiger partial charge in [0.2, 0.25) is 11.8 Å². The molecule has 6 nitrogen and oxygen atoms in total. The van der Waals surface area contributed by atoms with Crippen LogP contribution in [-0.4, -0.2) is 43.5 Å². The fourth-order valence-electron chi connectivity index (χ4n) is 2.72. The van der Waals surface area contributed by atoms with Gasteiger partial charge in [-0.3, -0.25) is 9.59 Å². The Hall–Kier alpha value is -2.50. The van der Waals surface area contributed by atoms with E-state index in [-0.39, 0.29) is 17.7 Å². The molecule has 0 unspecified atom stereocenters. The van der Waals surface area contributed by atoms with E-state index in [2.05, 4.69) is 0 Å². The van der Waals surface area contributed by atoms with Crippen LogP contribution in [0.15, 0.2) is 24.3 Å². The zero-order valence-electron chi connectivity index (χ0n) is 14.2. The van der Waals surface area contributed by atoms with Crippen LogP contribution in [0.1, 0.15) is 25.3 Å². The van der Waals surface area contributed by atoms with Gasteiger partial charge in [-0.25, -0.2) is 0 Å². The minimum absolute atomic E-state index is 0.0641. The maximum atomic E-state index is 12.2. The van der Waals surface area contributed by atoms with Crippen molar-refractivity contribution in [1.82, 2.24) is 4.90 Å². The molecule has 130 valence electrons. The molecule has 0 bridgehead atoms. The van der Waals surface area contributed by atoms with Gasteiger partial charge in [-0.15, -0.1) is 0 Å². The molecule has 0 radical (unpaired) electrons. The van der Waals surface area contributed by atoms with Crippen molar-refractivity contribution >= 4 is 17.9 Å². The van der Waals surface area contributed by atoms with Crippen molar-refractivity contribution in [2.75, 3.05) is 26.8 Å². The Morgan fingerprint density at radius 1 is 1.29 bits per heavy atom. The van der Waals surface area contributed by atoms with Crippen LogP contribution in [0.3, 0.4) is 0 Å². The fraction of sp³-hybridized carbons (Fsp3) is 0.444. The number of amides is 2. The second-order valence-electron chi connectivity index (χ2n) is 5.68. The van der Waals surface area contributed by atoms with Crippen LogP contribution in [0.25, 0.3) is 6.08 Å². The summed E-state index contributed by atoms with van der Waals surface area (Å²) in [7, 11) is 1.58. The van der Waals surface area contributed by atoms with Gasteiger partial charge in [0.15, 0.2) is 11.5 Å². The lowest BCUT2D eigenvalue weighted by molar-refractivity contribution is -0.130. The van der Waals surface area contributed by atoms with Gasteiger partial charge in [0.05, 0.1) is 13.7 Å². The van der Waals surface area contributed by atoms with Crippen LogP contribution >= 0.6 is 0 Å². The first-order chi connectivity index (χ1) is 11.5. The van der Waals surface area contributed by atoms with E-state index in [1.807, 2.05) is 25.1 Å². The summed E-state index contributed by atoms with van der Waals surface area (Å²) in [5.74, 6) is 0.851. The van der Waals surface area contributed by atoms with Crippen LogP contribution in [0.2, 0.25) is 0 Å². The number of carbonyl (C=O) groups excluding carboxylic acids is 2. The van der Waals surface area contributed by atoms with E-state index in [0.717, 1.165) is 5.56 Å². The molecule has 0 saturated carbocycles. The van der Waals surface area contributed by atoms with Gasteiger partial charge < -0.3 is 20.1 Å². The molecule has 1 fully saturated rings. The SMILES string of the molecule is CCOc1ccc(/C=C/C(=O)N2CCC(C(N)=O)CC2)cc1OC. The van der Waals surface area contributed by atoms with E-state index in [1.165, 1.54) is 0 Å². The molecule has 2 N–H and O–H groups in total. The summed E-state index contributed by atoms with van der Waals surface area (Å²) in [4.78, 5) is 25.1. The van der Waals surface area contributed by atoms with E-state index in [9.17, 15) is 9.59 Å². The van der Waals surface area contributed by atoms with Crippen LogP contribution in [0, 0.1) is 5.92 Å². The second kappa shape index (κ2) is 8.38. The van der Waals surface area contributed by atoms with Gasteiger partial charge in [-0.1, -0.05) is 6.07 Å². The Bertz CT molecular complexity index is 619. The summed E-state index contributed by atoms with van der Waals surface area (Å²) >= 11 is 0. The highest BCUT2D eigenvalue weighted by atomic mass is 16.5. The lowest BCUT2D eigenvalue weighted by Crippen LogP contribution is -2.41. The minimum Gasteiger partial charge on any atom is -0.493 e. The van der Waals surface area contributed by atoms with Crippen LogP contribution in [0.4, 0.5) is 0 Å². The number of benzene rings is 1. The molecular formula is C18H24N2O4. The van der Waals surface area contributed by atoms with Gasteiger partial charge in [0.1, 0.15) is 0 Å². The Morgan fingerprint density at radius 2 is 2.00 bits per heavy atom. The second-order valence-corrected chi connectivity index (χ2v) is 5.68. The van der Waals surface area contributed by atoms with Crippen molar-refractivity contribution in [1.29, 1.82) is 0 Å². The number of piperidine rings is 1. The highest BCUT2D eigenvalue weighted by molar-refractivity contribution is 5.92. The molecule has 1 aliphatic heterocycles. The summed E-state index contributed by atoms with van der Waals surface area (Å²) in [6.45, 7) is 3.59. The number of hydrogen-bond acceptors (Lipinski definition) is 4. The lowest BCUT2D eigenvalue weighted by atomic mass is 9.96. The first-order valence-corrected chi connectivity index (χ1v) is 8.12. The number of ether oxygens (including phenoxy) is 2. The summed E-state index contributed by atoms with van der Waals surface area (Å²) < 4.78 is 10.8. The highest BCUT2D eigenvalue weighted by Crippen LogP contribution is 2.28. The smallest absolute Gasteiger partial charge is 0.246 e. The summed E-state index contributed by atoms with van der Waals surface area (Å²) in [5.41, 5.74) is 6.16. The number of hydrogen-bond donors (Lipinski definition) is 1. The molecular weight excluding hydrogens is 308 g/mol. The van der Waals surface area contributed by atoms with Crippen molar-refractivity contribution in [3.05, 3.63) is 29.8 Å². The predicted octanol–water partition coefficient (Wildman–Crippen LogP) is 1.83. The average molecular weight is 332 g/mol. The summed E-state index contributed by atoms with van der Waals surface area (Å²) in [5, 5.41) is 0. The molecule has 6 heteroatoms. The topological polar surface area (TPSA) is 81.9 Å². The molecule has 0 spiro atoms. The zero-order valence-corrected chi connectivity index (χ0v) is 14.2. The molecule has 2 amide bonds. The first kappa shape index (κ1) is 17.8. The van der Waals surface area contributed by atoms with Crippen LogP contribution < -0.4 is 15.2 Å². The number of carbonyl (C=O) groups is 2. The number of nitrogens with two attached hydrogens (primary N) is 1. The van der Waals surface area contributed by atoms with E-state index < -0.39 is 0 Å². The molecule has 0 atom stereocenters. The van der Waals surface area contributed by atoms with Crippen molar-refractivity contribution < 1.29 is 19.1 Å². The molecule has 2 rings (SSSR count). The Kier molecular flexibility index (Phi) is 6.23. The van der Waals surface area contributed by atoms with Crippen LogP contribution in [-0.2, 0) is 9.59 Å². The zero-order chi connectivity index (χ0) is 17.5. The molecule has 1 heterocycles. The van der Waals surface area contributed by atoms with Crippen molar-refractivity contribution in [2.24, 2.45) is 11.7 Å². The standard InChI is InChI=1S/C18H24N2O4/c1-3-24-15-6-4-13(12-16(15)23-2)5-7-17(21)20-10-8-14(9-11-20)18(19)22/h4-7,12,14H,3,8-11H2,1-2H3,(H2,19,22)/b7-5+. The van der Waals surface area contributed by atoms with E-state index in [4.69, 9.17) is 15.2 Å². The molecule has 1 aromatic rings. The Morgan fingerprint density at radius 3 is 2.58 bits per heavy atom. The molecule has 1 aromatic carbocycles. The first-order valence-electron chi connectivity index (χ1n) is 8.12. The van der Waals surface area contributed by atoms with Gasteiger partial charge in [-0.05, 0) is 43.5 Å². The normalized spacial score (nSPS) is 15.5. The Labute approximate surface area is 142 Å². The van der Waals surface area contributed by atoms with Gasteiger partial charge in [-0.2, -0.15) is 0 Å². The number of nitrogens with zero attached hydrogens (tertiary/aromatic N) is 1. The van der Waals surface area contributed by atoms with E-state index >= 15 is 0 Å². The van der Waals surface area contributed by atoms with Crippen LogP contribution in [0.5, 0.6) is 11.5 Å². The van der Waals surface area contributed by atoms with E-state index in [1.54, 1.807) is 24.2 Å². The third kappa shape index (κ3) is 4.50. The summed E-state index contributed by atoms with van der Waals surface area (Å²) in [6.07, 6.45) is 4.55.